The molecule has 5 heteroatoms. The fourth-order valence-corrected chi connectivity index (χ4v) is 2.73. The molecular formula is C22H27NO4. The molecule has 2 aromatic rings. The number of hydrogen-bond acceptors (Lipinski definition) is 4. The van der Waals surface area contributed by atoms with Crippen LogP contribution in [0.25, 0.3) is 0 Å². The zero-order valence-electron chi connectivity index (χ0n) is 16.0. The van der Waals surface area contributed by atoms with Gasteiger partial charge in [0, 0.05) is 24.9 Å². The summed E-state index contributed by atoms with van der Waals surface area (Å²) in [5, 5.41) is 2.88. The van der Waals surface area contributed by atoms with Crippen molar-refractivity contribution in [3.8, 4) is 11.5 Å². The van der Waals surface area contributed by atoms with Crippen LogP contribution < -0.4 is 14.8 Å². The van der Waals surface area contributed by atoms with E-state index in [-0.39, 0.29) is 24.5 Å². The Labute approximate surface area is 160 Å². The number of ether oxygens (including phenoxy) is 2. The summed E-state index contributed by atoms with van der Waals surface area (Å²) in [6.45, 7) is 0.627. The van der Waals surface area contributed by atoms with Crippen LogP contribution in [0, 0.1) is 0 Å². The van der Waals surface area contributed by atoms with Gasteiger partial charge in [-0.15, -0.1) is 0 Å². The van der Waals surface area contributed by atoms with Crippen LogP contribution in [0.2, 0.25) is 0 Å². The molecule has 1 N–H and O–H groups in total. The molecule has 0 fully saturated rings. The second-order valence-corrected chi connectivity index (χ2v) is 6.31. The van der Waals surface area contributed by atoms with Crippen molar-refractivity contribution in [3.05, 3.63) is 59.7 Å². The van der Waals surface area contributed by atoms with Gasteiger partial charge in [0.2, 0.25) is 5.91 Å². The number of aryl methyl sites for hydroxylation is 1. The van der Waals surface area contributed by atoms with Crippen molar-refractivity contribution >= 4 is 11.7 Å². The highest BCUT2D eigenvalue weighted by atomic mass is 16.5. The largest absolute Gasteiger partial charge is 0.497 e. The minimum absolute atomic E-state index is 0.0523. The van der Waals surface area contributed by atoms with Crippen LogP contribution in [0.1, 0.15) is 41.6 Å². The van der Waals surface area contributed by atoms with Gasteiger partial charge in [-0.25, -0.2) is 0 Å². The fraction of sp³-hybridized carbons (Fsp3) is 0.364. The summed E-state index contributed by atoms with van der Waals surface area (Å²) in [6.07, 6.45) is 3.27. The Morgan fingerprint density at radius 1 is 0.889 bits per heavy atom. The maximum atomic E-state index is 12.2. The zero-order chi connectivity index (χ0) is 19.5. The van der Waals surface area contributed by atoms with Crippen LogP contribution in [0.15, 0.2) is 48.5 Å². The summed E-state index contributed by atoms with van der Waals surface area (Å²) in [5.41, 5.74) is 1.83. The van der Waals surface area contributed by atoms with Crippen LogP contribution in [0.3, 0.4) is 0 Å². The van der Waals surface area contributed by atoms with Gasteiger partial charge in [-0.3, -0.25) is 9.59 Å². The highest BCUT2D eigenvalue weighted by Crippen LogP contribution is 2.15. The average Bonchev–Trinajstić information content (AvgIpc) is 2.72. The summed E-state index contributed by atoms with van der Waals surface area (Å²) in [5.74, 6) is 1.36. The van der Waals surface area contributed by atoms with Gasteiger partial charge in [-0.05, 0) is 49.1 Å². The highest BCUT2D eigenvalue weighted by Gasteiger charge is 2.10. The van der Waals surface area contributed by atoms with Crippen molar-refractivity contribution in [2.24, 2.45) is 0 Å². The zero-order valence-corrected chi connectivity index (χ0v) is 16.0. The van der Waals surface area contributed by atoms with Crippen molar-refractivity contribution < 1.29 is 19.1 Å². The molecule has 1 amide bonds. The van der Waals surface area contributed by atoms with E-state index in [0.29, 0.717) is 17.9 Å². The summed E-state index contributed by atoms with van der Waals surface area (Å²) >= 11 is 0. The van der Waals surface area contributed by atoms with Crippen LogP contribution in [0.4, 0.5) is 0 Å². The number of ketones is 1. The van der Waals surface area contributed by atoms with Gasteiger partial charge in [0.05, 0.1) is 14.2 Å². The van der Waals surface area contributed by atoms with E-state index in [1.54, 1.807) is 38.5 Å². The lowest BCUT2D eigenvalue weighted by atomic mass is 10.1. The lowest BCUT2D eigenvalue weighted by Gasteiger charge is -2.07. The summed E-state index contributed by atoms with van der Waals surface area (Å²) in [6, 6.07) is 15.0. The number of nitrogens with one attached hydrogen (secondary N) is 1. The summed E-state index contributed by atoms with van der Waals surface area (Å²) < 4.78 is 10.3. The van der Waals surface area contributed by atoms with Gasteiger partial charge >= 0.3 is 0 Å². The van der Waals surface area contributed by atoms with E-state index in [9.17, 15) is 9.59 Å². The number of hydrogen-bond donors (Lipinski definition) is 1. The normalized spacial score (nSPS) is 10.3. The second kappa shape index (κ2) is 11.0. The number of unbranched alkanes of at least 4 members (excludes halogenated alkanes) is 1. The third-order valence-corrected chi connectivity index (χ3v) is 4.34. The topological polar surface area (TPSA) is 64.6 Å². The Hall–Kier alpha value is -2.82. The smallest absolute Gasteiger partial charge is 0.220 e. The third-order valence-electron chi connectivity index (χ3n) is 4.34. The summed E-state index contributed by atoms with van der Waals surface area (Å²) in [4.78, 5) is 24.1. The molecule has 144 valence electrons. The summed E-state index contributed by atoms with van der Waals surface area (Å²) in [7, 11) is 3.22. The molecule has 0 unspecified atom stereocenters. The third kappa shape index (κ3) is 7.13. The minimum atomic E-state index is -0.0873. The lowest BCUT2D eigenvalue weighted by Crippen LogP contribution is -2.24. The van der Waals surface area contributed by atoms with E-state index in [2.05, 4.69) is 17.4 Å². The van der Waals surface area contributed by atoms with E-state index in [0.717, 1.165) is 25.0 Å². The Morgan fingerprint density at radius 3 is 2.33 bits per heavy atom. The lowest BCUT2D eigenvalue weighted by molar-refractivity contribution is -0.121. The molecule has 0 saturated heterocycles. The molecule has 27 heavy (non-hydrogen) atoms. The average molecular weight is 369 g/mol. The highest BCUT2D eigenvalue weighted by molar-refractivity contribution is 5.98. The predicted octanol–water partition coefficient (Wildman–Crippen LogP) is 3.81. The van der Waals surface area contributed by atoms with Crippen LogP contribution in [-0.2, 0) is 11.2 Å². The van der Waals surface area contributed by atoms with Gasteiger partial charge < -0.3 is 14.8 Å². The number of carbonyl (C=O) groups is 2. The van der Waals surface area contributed by atoms with E-state index in [4.69, 9.17) is 9.47 Å². The minimum Gasteiger partial charge on any atom is -0.497 e. The Kier molecular flexibility index (Phi) is 8.36. The number of methoxy groups -OCH3 is 2. The Morgan fingerprint density at radius 2 is 1.63 bits per heavy atom. The van der Waals surface area contributed by atoms with E-state index in [1.807, 2.05) is 12.1 Å². The van der Waals surface area contributed by atoms with E-state index in [1.165, 1.54) is 5.56 Å². The number of carbonyl (C=O) groups excluding carboxylic acids is 2. The molecule has 0 aliphatic heterocycles. The van der Waals surface area contributed by atoms with Crippen LogP contribution >= 0.6 is 0 Å². The molecule has 0 radical (unpaired) electrons. The Bertz CT molecular complexity index is 740. The van der Waals surface area contributed by atoms with Crippen molar-refractivity contribution in [3.63, 3.8) is 0 Å². The van der Waals surface area contributed by atoms with E-state index >= 15 is 0 Å². The molecule has 0 aliphatic rings. The molecule has 0 spiro atoms. The maximum Gasteiger partial charge on any atom is 0.220 e. The molecule has 0 aliphatic carbocycles. The number of benzene rings is 2. The first kappa shape index (κ1) is 20.5. The fourth-order valence-electron chi connectivity index (χ4n) is 2.73. The maximum absolute atomic E-state index is 12.2. The van der Waals surface area contributed by atoms with Crippen LogP contribution in [0.5, 0.6) is 11.5 Å². The standard InChI is InChI=1S/C22H27NO4/c1-26-19-11-9-17(10-12-19)6-3-4-15-23-22(25)14-13-21(24)18-7-5-8-20(16-18)27-2/h5,7-12,16H,3-4,6,13-15H2,1-2H3,(H,23,25). The first-order chi connectivity index (χ1) is 13.1. The predicted molar refractivity (Wildman–Crippen MR) is 106 cm³/mol. The Balaban J connectivity index is 1.60. The molecule has 0 aromatic heterocycles. The number of amides is 1. The molecular weight excluding hydrogens is 342 g/mol. The van der Waals surface area contributed by atoms with Crippen molar-refractivity contribution in [1.29, 1.82) is 0 Å². The SMILES string of the molecule is COc1ccc(CCCCNC(=O)CCC(=O)c2cccc(OC)c2)cc1. The monoisotopic (exact) mass is 369 g/mol. The quantitative estimate of drug-likeness (QED) is 0.483. The molecule has 0 atom stereocenters. The first-order valence-electron chi connectivity index (χ1n) is 9.19. The van der Waals surface area contributed by atoms with Crippen LogP contribution in [-0.4, -0.2) is 32.5 Å². The van der Waals surface area contributed by atoms with Gasteiger partial charge in [0.25, 0.3) is 0 Å². The van der Waals surface area contributed by atoms with Crippen molar-refractivity contribution in [2.45, 2.75) is 32.1 Å². The van der Waals surface area contributed by atoms with Gasteiger partial charge in [0.15, 0.2) is 5.78 Å². The first-order valence-corrected chi connectivity index (χ1v) is 9.19. The van der Waals surface area contributed by atoms with Crippen molar-refractivity contribution in [1.82, 2.24) is 5.32 Å². The second-order valence-electron chi connectivity index (χ2n) is 6.31. The molecule has 5 nitrogen and oxygen atoms in total. The molecule has 2 aromatic carbocycles. The molecule has 0 heterocycles. The molecule has 2 rings (SSSR count). The van der Waals surface area contributed by atoms with E-state index < -0.39 is 0 Å². The number of Topliss-reactive ketones (excluding diaryl/α,β-unsaturated/α-hetero) is 1. The molecule has 0 bridgehead atoms. The van der Waals surface area contributed by atoms with Crippen molar-refractivity contribution in [2.75, 3.05) is 20.8 Å². The van der Waals surface area contributed by atoms with Gasteiger partial charge in [0.1, 0.15) is 11.5 Å². The molecule has 0 saturated carbocycles. The van der Waals surface area contributed by atoms with Gasteiger partial charge in [-0.1, -0.05) is 24.3 Å². The van der Waals surface area contributed by atoms with Gasteiger partial charge in [-0.2, -0.15) is 0 Å². The number of rotatable bonds is 11.